The molecule has 2 N–H and O–H groups in total. The third-order valence-electron chi connectivity index (χ3n) is 3.77. The van der Waals surface area contributed by atoms with E-state index in [1.807, 2.05) is 0 Å². The molecule has 3 nitrogen and oxygen atoms in total. The van der Waals surface area contributed by atoms with Crippen LogP contribution >= 0.6 is 12.4 Å². The van der Waals surface area contributed by atoms with E-state index in [2.05, 4.69) is 0 Å². The first kappa shape index (κ1) is 16.1. The predicted molar refractivity (Wildman–Crippen MR) is 75.6 cm³/mol. The van der Waals surface area contributed by atoms with Crippen molar-refractivity contribution in [2.75, 3.05) is 14.2 Å². The van der Waals surface area contributed by atoms with Gasteiger partial charge >= 0.3 is 0 Å². The van der Waals surface area contributed by atoms with Crippen molar-refractivity contribution in [2.45, 2.75) is 31.7 Å². The van der Waals surface area contributed by atoms with Gasteiger partial charge in [0, 0.05) is 17.7 Å². The summed E-state index contributed by atoms with van der Waals surface area (Å²) in [5.41, 5.74) is 6.71. The van der Waals surface area contributed by atoms with E-state index in [1.165, 1.54) is 26.0 Å². The maximum atomic E-state index is 14.0. The maximum absolute atomic E-state index is 14.0. The van der Waals surface area contributed by atoms with Crippen LogP contribution in [0.25, 0.3) is 0 Å². The van der Waals surface area contributed by atoms with Crippen LogP contribution in [0.2, 0.25) is 0 Å². The topological polar surface area (TPSA) is 44.5 Å². The molecular weight excluding hydrogens is 269 g/mol. The van der Waals surface area contributed by atoms with Gasteiger partial charge in [0.25, 0.3) is 0 Å². The fraction of sp³-hybridized carbons (Fsp3) is 0.571. The molecule has 1 aliphatic carbocycles. The SMILES string of the molecule is COc1cc(F)c([C@H](N)C2CCCC2)cc1OC.Cl. The Morgan fingerprint density at radius 3 is 2.21 bits per heavy atom. The van der Waals surface area contributed by atoms with Crippen molar-refractivity contribution in [1.82, 2.24) is 0 Å². The highest BCUT2D eigenvalue weighted by molar-refractivity contribution is 5.85. The zero-order valence-electron chi connectivity index (χ0n) is 11.3. The Hall–Kier alpha value is -1.00. The Labute approximate surface area is 119 Å². The summed E-state index contributed by atoms with van der Waals surface area (Å²) < 4.78 is 24.3. The molecule has 1 saturated carbocycles. The second-order valence-corrected chi connectivity index (χ2v) is 4.80. The number of ether oxygens (including phenoxy) is 2. The summed E-state index contributed by atoms with van der Waals surface area (Å²) in [6.45, 7) is 0. The zero-order chi connectivity index (χ0) is 13.1. The summed E-state index contributed by atoms with van der Waals surface area (Å²) in [5, 5.41) is 0. The quantitative estimate of drug-likeness (QED) is 0.923. The molecule has 5 heteroatoms. The molecule has 0 aliphatic heterocycles. The van der Waals surface area contributed by atoms with E-state index in [9.17, 15) is 4.39 Å². The summed E-state index contributed by atoms with van der Waals surface area (Å²) in [5.74, 6) is 0.990. The van der Waals surface area contributed by atoms with E-state index in [0.29, 0.717) is 23.0 Å². The lowest BCUT2D eigenvalue weighted by molar-refractivity contribution is 0.348. The minimum absolute atomic E-state index is 0. The minimum atomic E-state index is -0.313. The van der Waals surface area contributed by atoms with Gasteiger partial charge in [-0.15, -0.1) is 12.4 Å². The van der Waals surface area contributed by atoms with Crippen molar-refractivity contribution in [3.05, 3.63) is 23.5 Å². The van der Waals surface area contributed by atoms with Gasteiger partial charge in [-0.1, -0.05) is 12.8 Å². The normalized spacial score (nSPS) is 16.8. The Kier molecular flexibility index (Phi) is 5.88. The first-order valence-corrected chi connectivity index (χ1v) is 6.34. The van der Waals surface area contributed by atoms with Crippen LogP contribution in [0.15, 0.2) is 12.1 Å². The Bertz CT molecular complexity index is 422. The first-order valence-electron chi connectivity index (χ1n) is 6.34. The molecule has 108 valence electrons. The lowest BCUT2D eigenvalue weighted by Gasteiger charge is -2.21. The van der Waals surface area contributed by atoms with E-state index >= 15 is 0 Å². The van der Waals surface area contributed by atoms with E-state index in [1.54, 1.807) is 13.2 Å². The molecule has 0 bridgehead atoms. The molecule has 1 aromatic carbocycles. The van der Waals surface area contributed by atoms with Gasteiger partial charge in [0.15, 0.2) is 11.5 Å². The average molecular weight is 290 g/mol. The molecule has 19 heavy (non-hydrogen) atoms. The smallest absolute Gasteiger partial charge is 0.163 e. The lowest BCUT2D eigenvalue weighted by atomic mass is 9.92. The van der Waals surface area contributed by atoms with Gasteiger partial charge in [-0.3, -0.25) is 0 Å². The van der Waals surface area contributed by atoms with Gasteiger partial charge in [-0.25, -0.2) is 4.39 Å². The van der Waals surface area contributed by atoms with Crippen molar-refractivity contribution in [2.24, 2.45) is 11.7 Å². The zero-order valence-corrected chi connectivity index (χ0v) is 12.1. The van der Waals surface area contributed by atoms with Crippen LogP contribution in [-0.4, -0.2) is 14.2 Å². The highest BCUT2D eigenvalue weighted by Gasteiger charge is 2.26. The number of hydrogen-bond acceptors (Lipinski definition) is 3. The van der Waals surface area contributed by atoms with E-state index in [4.69, 9.17) is 15.2 Å². The van der Waals surface area contributed by atoms with Crippen molar-refractivity contribution in [3.63, 3.8) is 0 Å². The molecule has 2 rings (SSSR count). The van der Waals surface area contributed by atoms with Crippen LogP contribution in [0.5, 0.6) is 11.5 Å². The van der Waals surface area contributed by atoms with E-state index < -0.39 is 0 Å². The Balaban J connectivity index is 0.00000180. The lowest BCUT2D eigenvalue weighted by Crippen LogP contribution is -2.20. The summed E-state index contributed by atoms with van der Waals surface area (Å²) in [6.07, 6.45) is 4.53. The molecular formula is C14H21ClFNO2. The number of benzene rings is 1. The van der Waals surface area contributed by atoms with Crippen LogP contribution < -0.4 is 15.2 Å². The van der Waals surface area contributed by atoms with Crippen molar-refractivity contribution in [1.29, 1.82) is 0 Å². The molecule has 0 aromatic heterocycles. The summed E-state index contributed by atoms with van der Waals surface area (Å²) in [6, 6.07) is 2.76. The second-order valence-electron chi connectivity index (χ2n) is 4.80. The highest BCUT2D eigenvalue weighted by atomic mass is 35.5. The number of nitrogens with two attached hydrogens (primary N) is 1. The van der Waals surface area contributed by atoms with Crippen molar-refractivity contribution >= 4 is 12.4 Å². The fourth-order valence-corrected chi connectivity index (χ4v) is 2.70. The molecule has 1 fully saturated rings. The van der Waals surface area contributed by atoms with Crippen LogP contribution in [0.1, 0.15) is 37.3 Å². The summed E-state index contributed by atoms with van der Waals surface area (Å²) >= 11 is 0. The standard InChI is InChI=1S/C14H20FNO2.ClH/c1-17-12-7-10(11(15)8-13(12)18-2)14(16)9-5-3-4-6-9;/h7-9,14H,3-6,16H2,1-2H3;1H/t14-;/m1./s1. The average Bonchev–Trinajstić information content (AvgIpc) is 2.91. The molecule has 0 radical (unpaired) electrons. The van der Waals surface area contributed by atoms with Crippen LogP contribution in [0, 0.1) is 11.7 Å². The van der Waals surface area contributed by atoms with Gasteiger partial charge in [-0.05, 0) is 24.8 Å². The molecule has 0 saturated heterocycles. The molecule has 1 aliphatic rings. The molecule has 0 unspecified atom stereocenters. The van der Waals surface area contributed by atoms with Crippen LogP contribution in [0.4, 0.5) is 4.39 Å². The molecule has 0 heterocycles. The third-order valence-corrected chi connectivity index (χ3v) is 3.77. The van der Waals surface area contributed by atoms with Crippen molar-refractivity contribution in [3.8, 4) is 11.5 Å². The van der Waals surface area contributed by atoms with Gasteiger partial charge in [-0.2, -0.15) is 0 Å². The van der Waals surface area contributed by atoms with E-state index in [-0.39, 0.29) is 24.3 Å². The van der Waals surface area contributed by atoms with Gasteiger partial charge in [0.2, 0.25) is 0 Å². The van der Waals surface area contributed by atoms with E-state index in [0.717, 1.165) is 12.8 Å². The first-order chi connectivity index (χ1) is 8.67. The van der Waals surface area contributed by atoms with Crippen LogP contribution in [-0.2, 0) is 0 Å². The molecule has 1 atom stereocenters. The number of hydrogen-bond donors (Lipinski definition) is 1. The van der Waals surface area contributed by atoms with Gasteiger partial charge < -0.3 is 15.2 Å². The maximum Gasteiger partial charge on any atom is 0.163 e. The minimum Gasteiger partial charge on any atom is -0.493 e. The Morgan fingerprint density at radius 1 is 1.16 bits per heavy atom. The second kappa shape index (κ2) is 6.96. The monoisotopic (exact) mass is 289 g/mol. The Morgan fingerprint density at radius 2 is 1.68 bits per heavy atom. The molecule has 0 amide bonds. The number of halogens is 2. The highest BCUT2D eigenvalue weighted by Crippen LogP contribution is 2.38. The van der Waals surface area contributed by atoms with Gasteiger partial charge in [0.05, 0.1) is 14.2 Å². The predicted octanol–water partition coefficient (Wildman–Crippen LogP) is 3.45. The third kappa shape index (κ3) is 3.31. The molecule has 0 spiro atoms. The fourth-order valence-electron chi connectivity index (χ4n) is 2.70. The van der Waals surface area contributed by atoms with Crippen LogP contribution in [0.3, 0.4) is 0 Å². The van der Waals surface area contributed by atoms with Gasteiger partial charge in [0.1, 0.15) is 5.82 Å². The number of methoxy groups -OCH3 is 2. The summed E-state index contributed by atoms with van der Waals surface area (Å²) in [7, 11) is 3.04. The van der Waals surface area contributed by atoms with Crippen molar-refractivity contribution < 1.29 is 13.9 Å². The summed E-state index contributed by atoms with van der Waals surface area (Å²) in [4.78, 5) is 0. The molecule has 1 aromatic rings. The largest absolute Gasteiger partial charge is 0.493 e. The number of rotatable bonds is 4.